The summed E-state index contributed by atoms with van der Waals surface area (Å²) in [6.45, 7) is 3.56. The molecule has 2 aromatic heterocycles. The number of halogens is 2. The highest BCUT2D eigenvalue weighted by atomic mass is 19.2. The zero-order valence-electron chi connectivity index (χ0n) is 15.6. The normalized spacial score (nSPS) is 14.7. The van der Waals surface area contributed by atoms with Gasteiger partial charge in [0.2, 0.25) is 5.82 Å². The van der Waals surface area contributed by atoms with Crippen LogP contribution in [0.2, 0.25) is 0 Å². The van der Waals surface area contributed by atoms with Crippen LogP contribution >= 0.6 is 0 Å². The van der Waals surface area contributed by atoms with Gasteiger partial charge in [0.1, 0.15) is 0 Å². The van der Waals surface area contributed by atoms with Crippen molar-refractivity contribution < 1.29 is 23.2 Å². The highest BCUT2D eigenvalue weighted by Gasteiger charge is 2.32. The summed E-state index contributed by atoms with van der Waals surface area (Å²) < 4.78 is 31.8. The highest BCUT2D eigenvalue weighted by Crippen LogP contribution is 2.26. The van der Waals surface area contributed by atoms with E-state index in [9.17, 15) is 13.6 Å². The number of hydrogen-bond donors (Lipinski definition) is 1. The molecule has 1 aromatic carbocycles. The quantitative estimate of drug-likeness (QED) is 0.679. The number of carbonyl (C=O) groups is 1. The molecule has 4 rings (SSSR count). The summed E-state index contributed by atoms with van der Waals surface area (Å²) in [5.41, 5.74) is 2.59. The molecule has 0 radical (unpaired) electrons. The Hall–Kier alpha value is -3.20. The number of pyridine rings is 1. The standard InChI is InChI=1S/C20H18F2N4O3/c1-2-17-14(5-4-13(23-17)10-26-8-12(9-26)20(27)28)18-24-19(29-25-18)11-3-6-15(21)16(22)7-11/h3-7,12H,2,8-10H2,1H3,(H,27,28). The summed E-state index contributed by atoms with van der Waals surface area (Å²) in [6, 6.07) is 7.07. The molecule has 0 unspecified atom stereocenters. The van der Waals surface area contributed by atoms with Crippen molar-refractivity contribution in [3.8, 4) is 22.8 Å². The number of aryl methyl sites for hydroxylation is 1. The maximum Gasteiger partial charge on any atom is 0.309 e. The fraction of sp³-hybridized carbons (Fsp3) is 0.300. The van der Waals surface area contributed by atoms with Gasteiger partial charge in [0.25, 0.3) is 5.89 Å². The van der Waals surface area contributed by atoms with Crippen molar-refractivity contribution in [1.29, 1.82) is 0 Å². The number of carboxylic acid groups (broad SMARTS) is 1. The van der Waals surface area contributed by atoms with Crippen molar-refractivity contribution in [1.82, 2.24) is 20.0 Å². The van der Waals surface area contributed by atoms with E-state index in [1.807, 2.05) is 24.0 Å². The first kappa shape index (κ1) is 19.1. The summed E-state index contributed by atoms with van der Waals surface area (Å²) in [7, 11) is 0. The van der Waals surface area contributed by atoms with Crippen molar-refractivity contribution in [2.75, 3.05) is 13.1 Å². The van der Waals surface area contributed by atoms with E-state index in [0.717, 1.165) is 23.5 Å². The van der Waals surface area contributed by atoms with Crippen molar-refractivity contribution in [2.45, 2.75) is 19.9 Å². The van der Waals surface area contributed by atoms with Gasteiger partial charge in [-0.05, 0) is 36.8 Å². The third-order valence-corrected chi connectivity index (χ3v) is 4.89. The average Bonchev–Trinajstić information content (AvgIpc) is 3.16. The third kappa shape index (κ3) is 3.86. The first-order valence-corrected chi connectivity index (χ1v) is 9.18. The number of benzene rings is 1. The minimum Gasteiger partial charge on any atom is -0.481 e. The predicted molar refractivity (Wildman–Crippen MR) is 98.7 cm³/mol. The van der Waals surface area contributed by atoms with Crippen LogP contribution in [0.15, 0.2) is 34.9 Å². The Bertz CT molecular complexity index is 1060. The van der Waals surface area contributed by atoms with Gasteiger partial charge in [-0.25, -0.2) is 8.78 Å². The minimum absolute atomic E-state index is 0.0883. The Labute approximate surface area is 165 Å². The molecule has 1 aliphatic rings. The van der Waals surface area contributed by atoms with E-state index in [0.29, 0.717) is 37.4 Å². The smallest absolute Gasteiger partial charge is 0.309 e. The zero-order chi connectivity index (χ0) is 20.5. The van der Waals surface area contributed by atoms with E-state index >= 15 is 0 Å². The number of hydrogen-bond acceptors (Lipinski definition) is 6. The van der Waals surface area contributed by atoms with Gasteiger partial charge < -0.3 is 9.63 Å². The van der Waals surface area contributed by atoms with Crippen LogP contribution in [0.3, 0.4) is 0 Å². The Balaban J connectivity index is 1.53. The number of carboxylic acids is 1. The Morgan fingerprint density at radius 3 is 2.69 bits per heavy atom. The summed E-state index contributed by atoms with van der Waals surface area (Å²) >= 11 is 0. The summed E-state index contributed by atoms with van der Waals surface area (Å²) in [5.74, 6) is -2.61. The lowest BCUT2D eigenvalue weighted by Crippen LogP contribution is -2.49. The molecule has 0 spiro atoms. The van der Waals surface area contributed by atoms with Gasteiger partial charge in [0, 0.05) is 30.8 Å². The molecule has 1 saturated heterocycles. The maximum absolute atomic E-state index is 13.5. The molecule has 0 saturated carbocycles. The SMILES string of the molecule is CCc1nc(CN2CC(C(=O)O)C2)ccc1-c1noc(-c2ccc(F)c(F)c2)n1. The maximum atomic E-state index is 13.5. The zero-order valence-corrected chi connectivity index (χ0v) is 15.6. The van der Waals surface area contributed by atoms with E-state index < -0.39 is 17.6 Å². The summed E-state index contributed by atoms with van der Waals surface area (Å²) in [6.07, 6.45) is 0.635. The lowest BCUT2D eigenvalue weighted by Gasteiger charge is -2.36. The molecule has 1 N–H and O–H groups in total. The lowest BCUT2D eigenvalue weighted by molar-refractivity contribution is -0.147. The minimum atomic E-state index is -0.987. The van der Waals surface area contributed by atoms with Gasteiger partial charge in [-0.3, -0.25) is 14.7 Å². The Morgan fingerprint density at radius 1 is 1.21 bits per heavy atom. The molecule has 3 aromatic rings. The number of rotatable bonds is 6. The molecule has 9 heteroatoms. The van der Waals surface area contributed by atoms with Crippen molar-refractivity contribution in [2.24, 2.45) is 5.92 Å². The molecule has 0 amide bonds. The Kier molecular flexibility index (Phi) is 5.06. The van der Waals surface area contributed by atoms with Gasteiger partial charge in [-0.15, -0.1) is 0 Å². The summed E-state index contributed by atoms with van der Waals surface area (Å²) in [5, 5.41) is 12.9. The van der Waals surface area contributed by atoms with Crippen LogP contribution in [0.4, 0.5) is 8.78 Å². The first-order chi connectivity index (χ1) is 13.9. The second-order valence-corrected chi connectivity index (χ2v) is 6.93. The molecule has 1 fully saturated rings. The molecular weight excluding hydrogens is 382 g/mol. The number of aromatic nitrogens is 3. The van der Waals surface area contributed by atoms with Crippen molar-refractivity contribution >= 4 is 5.97 Å². The van der Waals surface area contributed by atoms with Gasteiger partial charge in [0.15, 0.2) is 11.6 Å². The van der Waals surface area contributed by atoms with Crippen molar-refractivity contribution in [3.05, 3.63) is 53.4 Å². The van der Waals surface area contributed by atoms with E-state index in [4.69, 9.17) is 9.63 Å². The van der Waals surface area contributed by atoms with E-state index in [2.05, 4.69) is 15.1 Å². The predicted octanol–water partition coefficient (Wildman–Crippen LogP) is 3.16. The van der Waals surface area contributed by atoms with Crippen LogP contribution in [0.1, 0.15) is 18.3 Å². The molecule has 150 valence electrons. The molecule has 0 bridgehead atoms. The highest BCUT2D eigenvalue weighted by molar-refractivity contribution is 5.71. The van der Waals surface area contributed by atoms with Gasteiger partial charge >= 0.3 is 5.97 Å². The monoisotopic (exact) mass is 400 g/mol. The largest absolute Gasteiger partial charge is 0.481 e. The van der Waals surface area contributed by atoms with Gasteiger partial charge in [0.05, 0.1) is 17.3 Å². The third-order valence-electron chi connectivity index (χ3n) is 4.89. The second kappa shape index (κ2) is 7.67. The summed E-state index contributed by atoms with van der Waals surface area (Å²) in [4.78, 5) is 21.9. The number of likely N-dealkylation sites (tertiary alicyclic amines) is 1. The van der Waals surface area contributed by atoms with E-state index in [1.165, 1.54) is 6.07 Å². The van der Waals surface area contributed by atoms with Crippen LogP contribution in [0.25, 0.3) is 22.8 Å². The Morgan fingerprint density at radius 2 is 2.00 bits per heavy atom. The fourth-order valence-electron chi connectivity index (χ4n) is 3.27. The number of nitrogens with zero attached hydrogens (tertiary/aromatic N) is 4. The lowest BCUT2D eigenvalue weighted by atomic mass is 10.0. The molecule has 7 nitrogen and oxygen atoms in total. The molecule has 0 atom stereocenters. The molecule has 3 heterocycles. The average molecular weight is 400 g/mol. The molecule has 0 aliphatic carbocycles. The van der Waals surface area contributed by atoms with E-state index in [1.54, 1.807) is 0 Å². The fourth-order valence-corrected chi connectivity index (χ4v) is 3.27. The molecule has 29 heavy (non-hydrogen) atoms. The van der Waals surface area contributed by atoms with Crippen LogP contribution < -0.4 is 0 Å². The first-order valence-electron chi connectivity index (χ1n) is 9.18. The van der Waals surface area contributed by atoms with Gasteiger partial charge in [-0.2, -0.15) is 4.98 Å². The van der Waals surface area contributed by atoms with E-state index in [-0.39, 0.29) is 17.4 Å². The molecule has 1 aliphatic heterocycles. The van der Waals surface area contributed by atoms with Crippen LogP contribution in [0.5, 0.6) is 0 Å². The van der Waals surface area contributed by atoms with Gasteiger partial charge in [-0.1, -0.05) is 12.1 Å². The van der Waals surface area contributed by atoms with Crippen LogP contribution in [0, 0.1) is 17.6 Å². The topological polar surface area (TPSA) is 92.4 Å². The second-order valence-electron chi connectivity index (χ2n) is 6.93. The van der Waals surface area contributed by atoms with Crippen LogP contribution in [-0.2, 0) is 17.8 Å². The van der Waals surface area contributed by atoms with Crippen molar-refractivity contribution in [3.63, 3.8) is 0 Å². The van der Waals surface area contributed by atoms with Crippen LogP contribution in [-0.4, -0.2) is 44.2 Å². The number of aliphatic carboxylic acids is 1. The molecular formula is C20H18F2N4O3.